The first-order valence-electron chi connectivity index (χ1n) is 12.2. The van der Waals surface area contributed by atoms with Crippen molar-refractivity contribution in [2.45, 2.75) is 63.2 Å². The maximum atomic E-state index is 13.8. The van der Waals surface area contributed by atoms with Crippen molar-refractivity contribution in [3.8, 4) is 11.5 Å². The van der Waals surface area contributed by atoms with Gasteiger partial charge in [0.25, 0.3) is 0 Å². The van der Waals surface area contributed by atoms with E-state index in [9.17, 15) is 19.5 Å². The van der Waals surface area contributed by atoms with Gasteiger partial charge >= 0.3 is 11.9 Å². The van der Waals surface area contributed by atoms with Gasteiger partial charge in [0.15, 0.2) is 23.4 Å². The summed E-state index contributed by atoms with van der Waals surface area (Å²) in [4.78, 5) is 41.3. The van der Waals surface area contributed by atoms with E-state index in [0.717, 1.165) is 16.7 Å². The van der Waals surface area contributed by atoms with E-state index in [1.54, 1.807) is 20.1 Å². The lowest BCUT2D eigenvalue weighted by molar-refractivity contribution is -0.180. The fourth-order valence-corrected chi connectivity index (χ4v) is 6.69. The van der Waals surface area contributed by atoms with Gasteiger partial charge in [-0.25, -0.2) is 9.59 Å². The van der Waals surface area contributed by atoms with Crippen molar-refractivity contribution in [1.82, 2.24) is 4.90 Å². The number of likely N-dealkylation sites (N-methyl/N-ethyl adjacent to an activating group) is 1. The molecule has 4 atom stereocenters. The van der Waals surface area contributed by atoms with Gasteiger partial charge in [-0.1, -0.05) is 17.7 Å². The van der Waals surface area contributed by atoms with Gasteiger partial charge in [-0.15, -0.1) is 0 Å². The Kier molecular flexibility index (Phi) is 5.63. The predicted octanol–water partition coefficient (Wildman–Crippen LogP) is 3.69. The molecule has 1 saturated carbocycles. The van der Waals surface area contributed by atoms with E-state index in [1.807, 2.05) is 33.0 Å². The smallest absolute Gasteiger partial charge is 0.339 e. The fourth-order valence-electron chi connectivity index (χ4n) is 6.69. The van der Waals surface area contributed by atoms with Crippen LogP contribution in [0.2, 0.25) is 0 Å². The summed E-state index contributed by atoms with van der Waals surface area (Å²) in [6.45, 7) is 6.42. The Bertz CT molecular complexity index is 1290. The first kappa shape index (κ1) is 24.3. The van der Waals surface area contributed by atoms with Crippen molar-refractivity contribution >= 4 is 17.7 Å². The number of rotatable bonds is 4. The van der Waals surface area contributed by atoms with Crippen molar-refractivity contribution in [1.29, 1.82) is 0 Å². The molecule has 0 aromatic heterocycles. The lowest BCUT2D eigenvalue weighted by atomic mass is 9.52. The Morgan fingerprint density at radius 1 is 1.14 bits per heavy atom. The molecule has 8 heteroatoms. The summed E-state index contributed by atoms with van der Waals surface area (Å²) in [5.74, 6) is -0.880. The largest absolute Gasteiger partial charge is 0.493 e. The first-order valence-corrected chi connectivity index (χ1v) is 12.2. The summed E-state index contributed by atoms with van der Waals surface area (Å²) < 4.78 is 18.5. The molecule has 36 heavy (non-hydrogen) atoms. The number of ether oxygens (including phenoxy) is 3. The zero-order valence-corrected chi connectivity index (χ0v) is 21.2. The van der Waals surface area contributed by atoms with Crippen LogP contribution < -0.4 is 9.47 Å². The zero-order chi connectivity index (χ0) is 26.0. The summed E-state index contributed by atoms with van der Waals surface area (Å²) in [5.41, 5.74) is 0.342. The third-order valence-corrected chi connectivity index (χ3v) is 8.56. The lowest BCUT2D eigenvalue weighted by Crippen LogP contribution is -2.74. The topological polar surface area (TPSA) is 102 Å². The number of hydrogen-bond donors (Lipinski definition) is 1. The van der Waals surface area contributed by atoms with Gasteiger partial charge in [-0.05, 0) is 71.0 Å². The van der Waals surface area contributed by atoms with Crippen molar-refractivity contribution in [3.63, 3.8) is 0 Å². The van der Waals surface area contributed by atoms with Crippen molar-refractivity contribution in [2.24, 2.45) is 0 Å². The average Bonchev–Trinajstić information content (AvgIpc) is 3.21. The van der Waals surface area contributed by atoms with Crippen LogP contribution in [0.25, 0.3) is 0 Å². The number of hydrogen-bond acceptors (Lipinski definition) is 7. The van der Waals surface area contributed by atoms with Gasteiger partial charge < -0.3 is 19.3 Å². The normalized spacial score (nSPS) is 29.0. The summed E-state index contributed by atoms with van der Waals surface area (Å²) in [7, 11) is 3.54. The Hall–Kier alpha value is -3.39. The average molecular weight is 494 g/mol. The van der Waals surface area contributed by atoms with Crippen molar-refractivity contribution < 1.29 is 33.7 Å². The van der Waals surface area contributed by atoms with Crippen molar-refractivity contribution in [2.75, 3.05) is 20.7 Å². The van der Waals surface area contributed by atoms with Crippen molar-refractivity contribution in [3.05, 3.63) is 58.1 Å². The Balaban J connectivity index is 1.73. The predicted molar refractivity (Wildman–Crippen MR) is 131 cm³/mol. The molecule has 1 saturated heterocycles. The molecule has 190 valence electrons. The second-order valence-electron chi connectivity index (χ2n) is 10.3. The van der Waals surface area contributed by atoms with E-state index in [-0.39, 0.29) is 29.4 Å². The van der Waals surface area contributed by atoms with Gasteiger partial charge in [0.1, 0.15) is 5.60 Å². The van der Waals surface area contributed by atoms with Gasteiger partial charge in [0.05, 0.1) is 23.7 Å². The number of nitrogens with zero attached hydrogens (tertiary/aromatic N) is 1. The molecule has 3 aliphatic rings. The maximum absolute atomic E-state index is 13.8. The maximum Gasteiger partial charge on any atom is 0.339 e. The molecule has 1 N–H and O–H groups in total. The molecule has 0 radical (unpaired) electrons. The highest BCUT2D eigenvalue weighted by Crippen LogP contribution is 2.63. The molecule has 1 aliphatic carbocycles. The summed E-state index contributed by atoms with van der Waals surface area (Å²) in [6, 6.07) is 8.17. The molecule has 0 unspecified atom stereocenters. The number of fused-ring (bicyclic) bond motifs is 1. The summed E-state index contributed by atoms with van der Waals surface area (Å²) in [6.07, 6.45) is 0.218. The molecule has 0 amide bonds. The molecule has 2 fully saturated rings. The monoisotopic (exact) mass is 493 g/mol. The van der Waals surface area contributed by atoms with Crippen LogP contribution in [-0.2, 0) is 14.9 Å². The number of piperidine rings is 1. The van der Waals surface area contributed by atoms with Crippen LogP contribution in [0, 0.1) is 13.8 Å². The molecule has 1 spiro atoms. The lowest BCUT2D eigenvalue weighted by Gasteiger charge is -2.60. The second-order valence-corrected chi connectivity index (χ2v) is 10.3. The van der Waals surface area contributed by atoms with E-state index >= 15 is 0 Å². The van der Waals surface area contributed by atoms with Crippen LogP contribution >= 0.6 is 0 Å². The Morgan fingerprint density at radius 3 is 2.58 bits per heavy atom. The van der Waals surface area contributed by atoms with Crippen LogP contribution in [0.3, 0.4) is 0 Å². The van der Waals surface area contributed by atoms with E-state index < -0.39 is 29.1 Å². The number of aryl methyl sites for hydroxylation is 2. The van der Waals surface area contributed by atoms with Crippen LogP contribution in [0.4, 0.5) is 0 Å². The number of carbonyl (C=O) groups excluding carboxylic acids is 2. The minimum Gasteiger partial charge on any atom is -0.493 e. The highest BCUT2D eigenvalue weighted by molar-refractivity contribution is 6.03. The Morgan fingerprint density at radius 2 is 1.89 bits per heavy atom. The van der Waals surface area contributed by atoms with E-state index in [0.29, 0.717) is 30.9 Å². The molecular formula is C28H31NO7. The molecule has 0 bridgehead atoms. The number of Topliss-reactive ketones (excluding diaryl/α,β-unsaturated/α-hetero) is 1. The number of ketones is 1. The Labute approximate surface area is 210 Å². The quantitative estimate of drug-likeness (QED) is 0.644. The van der Waals surface area contributed by atoms with Crippen LogP contribution in [0.15, 0.2) is 30.3 Å². The van der Waals surface area contributed by atoms with Crippen LogP contribution in [0.5, 0.6) is 11.5 Å². The number of carbonyl (C=O) groups is 3. The minimum absolute atomic E-state index is 0.00648. The van der Waals surface area contributed by atoms with E-state index in [4.69, 9.17) is 14.2 Å². The number of carboxylic acids is 1. The van der Waals surface area contributed by atoms with Crippen LogP contribution in [0.1, 0.15) is 63.6 Å². The molecule has 8 nitrogen and oxygen atoms in total. The van der Waals surface area contributed by atoms with E-state index in [1.165, 1.54) is 12.1 Å². The van der Waals surface area contributed by atoms with Gasteiger partial charge in [0.2, 0.25) is 0 Å². The summed E-state index contributed by atoms with van der Waals surface area (Å²) in [5, 5.41) is 9.78. The van der Waals surface area contributed by atoms with Gasteiger partial charge in [0, 0.05) is 18.0 Å². The van der Waals surface area contributed by atoms with Gasteiger partial charge in [-0.2, -0.15) is 0 Å². The zero-order valence-electron chi connectivity index (χ0n) is 21.2. The molecule has 5 rings (SSSR count). The first-order chi connectivity index (χ1) is 17.1. The van der Waals surface area contributed by atoms with Gasteiger partial charge in [-0.3, -0.25) is 9.69 Å². The molecule has 2 heterocycles. The number of carboxylic acid groups (broad SMARTS) is 1. The SMILES string of the molecule is COc1ccc(C)c2c1O[C@H]1C(=O)CC[C@@]3(OC(=O)c4ccc(C)cc4C(=O)O)[C@@H](C)N(C)CC[C@]213. The third-order valence-electron chi connectivity index (χ3n) is 8.56. The van der Waals surface area contributed by atoms with Crippen LogP contribution in [-0.4, -0.2) is 66.2 Å². The molecule has 2 aliphatic heterocycles. The highest BCUT2D eigenvalue weighted by atomic mass is 16.6. The fraction of sp³-hybridized carbons (Fsp3) is 0.464. The number of esters is 1. The number of methoxy groups -OCH3 is 1. The second kappa shape index (κ2) is 8.34. The number of likely N-dealkylation sites (tertiary alicyclic amines) is 1. The molecule has 2 aromatic rings. The minimum atomic E-state index is -1.20. The number of aromatic carboxylic acids is 1. The standard InChI is InChI=1S/C28H31NO7/c1-15-6-8-18(19(14-15)25(31)32)26(33)36-28-11-10-20(30)24-27(28,12-13-29(4)17(28)3)22-16(2)7-9-21(34-5)23(22)35-24/h6-9,14,17,24H,10-13H2,1-5H3,(H,31,32)/t17-,24+,27+,28-/m1/s1. The molecule has 2 aromatic carbocycles. The van der Waals surface area contributed by atoms with E-state index in [2.05, 4.69) is 4.90 Å². The summed E-state index contributed by atoms with van der Waals surface area (Å²) >= 11 is 0. The highest BCUT2D eigenvalue weighted by Gasteiger charge is 2.72. The number of benzene rings is 2. The third kappa shape index (κ3) is 3.13. The molecular weight excluding hydrogens is 462 g/mol.